The van der Waals surface area contributed by atoms with E-state index in [2.05, 4.69) is 38.7 Å². The smallest absolute Gasteiger partial charge is 0.106 e. The Hall–Kier alpha value is -3.18. The molecule has 0 bridgehead atoms. The number of aromatic nitrogens is 3. The van der Waals surface area contributed by atoms with Crippen molar-refractivity contribution in [3.63, 3.8) is 0 Å². The highest BCUT2D eigenvalue weighted by atomic mass is 16.3. The number of aliphatic hydroxyl groups excluding tert-OH is 1. The summed E-state index contributed by atoms with van der Waals surface area (Å²) >= 11 is 0. The van der Waals surface area contributed by atoms with Gasteiger partial charge in [-0.2, -0.15) is 0 Å². The lowest BCUT2D eigenvalue weighted by atomic mass is 10.0. The SMILES string of the molecule is CCCN(c1ccncc1)n1cc(C(O)c2ccncc2)c2ccccc21. The average molecular weight is 358 g/mol. The van der Waals surface area contributed by atoms with Gasteiger partial charge >= 0.3 is 0 Å². The minimum atomic E-state index is -0.708. The lowest BCUT2D eigenvalue weighted by molar-refractivity contribution is 0.221. The molecule has 0 radical (unpaired) electrons. The first-order chi connectivity index (χ1) is 13.3. The fraction of sp³-hybridized carbons (Fsp3) is 0.182. The molecule has 1 N–H and O–H groups in total. The van der Waals surface area contributed by atoms with E-state index in [1.165, 1.54) is 0 Å². The normalized spacial score (nSPS) is 12.2. The van der Waals surface area contributed by atoms with Crippen LogP contribution in [0.5, 0.6) is 0 Å². The molecule has 0 fully saturated rings. The second-order valence-corrected chi connectivity index (χ2v) is 6.46. The number of para-hydroxylation sites is 1. The lowest BCUT2D eigenvalue weighted by Crippen LogP contribution is -2.29. The summed E-state index contributed by atoms with van der Waals surface area (Å²) in [7, 11) is 0. The van der Waals surface area contributed by atoms with E-state index in [9.17, 15) is 5.11 Å². The highest BCUT2D eigenvalue weighted by Gasteiger charge is 2.20. The summed E-state index contributed by atoms with van der Waals surface area (Å²) in [6.07, 6.45) is 9.34. The van der Waals surface area contributed by atoms with Gasteiger partial charge in [-0.1, -0.05) is 25.1 Å². The summed E-state index contributed by atoms with van der Waals surface area (Å²) in [5.41, 5.74) is 3.84. The van der Waals surface area contributed by atoms with Gasteiger partial charge in [0.1, 0.15) is 6.10 Å². The van der Waals surface area contributed by atoms with E-state index < -0.39 is 6.10 Å². The molecule has 4 aromatic rings. The van der Waals surface area contributed by atoms with E-state index in [0.29, 0.717) is 0 Å². The van der Waals surface area contributed by atoms with Crippen LogP contribution in [0.2, 0.25) is 0 Å². The van der Waals surface area contributed by atoms with Crippen LogP contribution >= 0.6 is 0 Å². The third kappa shape index (κ3) is 3.29. The van der Waals surface area contributed by atoms with Crippen molar-refractivity contribution in [3.05, 3.63) is 90.6 Å². The zero-order valence-corrected chi connectivity index (χ0v) is 15.2. The molecule has 4 rings (SSSR count). The first kappa shape index (κ1) is 17.2. The van der Waals surface area contributed by atoms with Crippen molar-refractivity contribution in [3.8, 4) is 0 Å². The number of pyridine rings is 2. The maximum Gasteiger partial charge on any atom is 0.106 e. The van der Waals surface area contributed by atoms with E-state index in [0.717, 1.165) is 40.7 Å². The summed E-state index contributed by atoms with van der Waals surface area (Å²) in [6, 6.07) is 15.9. The van der Waals surface area contributed by atoms with Gasteiger partial charge in [-0.05, 0) is 42.3 Å². The number of anilines is 1. The molecule has 1 unspecified atom stereocenters. The van der Waals surface area contributed by atoms with E-state index in [4.69, 9.17) is 0 Å². The monoisotopic (exact) mass is 358 g/mol. The molecule has 1 aromatic carbocycles. The Morgan fingerprint density at radius 2 is 1.63 bits per heavy atom. The summed E-state index contributed by atoms with van der Waals surface area (Å²) in [4.78, 5) is 8.19. The minimum absolute atomic E-state index is 0.708. The van der Waals surface area contributed by atoms with Crippen molar-refractivity contribution in [2.24, 2.45) is 0 Å². The van der Waals surface area contributed by atoms with Gasteiger partial charge < -0.3 is 5.11 Å². The van der Waals surface area contributed by atoms with Crippen molar-refractivity contribution >= 4 is 16.6 Å². The number of hydrogen-bond donors (Lipinski definition) is 1. The van der Waals surface area contributed by atoms with E-state index >= 15 is 0 Å². The molecule has 0 saturated heterocycles. The van der Waals surface area contributed by atoms with Gasteiger partial charge in [0.2, 0.25) is 0 Å². The second kappa shape index (κ2) is 7.60. The van der Waals surface area contributed by atoms with Crippen LogP contribution in [0.4, 0.5) is 5.69 Å². The fourth-order valence-corrected chi connectivity index (χ4v) is 3.42. The Balaban J connectivity index is 1.86. The highest BCUT2D eigenvalue weighted by Crippen LogP contribution is 2.32. The van der Waals surface area contributed by atoms with Crippen LogP contribution in [0, 0.1) is 0 Å². The van der Waals surface area contributed by atoms with E-state index in [1.807, 2.05) is 42.6 Å². The Morgan fingerprint density at radius 3 is 2.33 bits per heavy atom. The predicted octanol–water partition coefficient (Wildman–Crippen LogP) is 4.19. The molecule has 5 nitrogen and oxygen atoms in total. The molecule has 136 valence electrons. The van der Waals surface area contributed by atoms with E-state index in [1.54, 1.807) is 24.8 Å². The Bertz CT molecular complexity index is 1010. The fourth-order valence-electron chi connectivity index (χ4n) is 3.42. The highest BCUT2D eigenvalue weighted by molar-refractivity contribution is 5.85. The van der Waals surface area contributed by atoms with E-state index in [-0.39, 0.29) is 0 Å². The van der Waals surface area contributed by atoms with Crippen molar-refractivity contribution < 1.29 is 5.11 Å². The zero-order chi connectivity index (χ0) is 18.6. The third-order valence-corrected chi connectivity index (χ3v) is 4.70. The van der Waals surface area contributed by atoms with Crippen LogP contribution < -0.4 is 5.01 Å². The number of nitrogens with zero attached hydrogens (tertiary/aromatic N) is 4. The first-order valence-corrected chi connectivity index (χ1v) is 9.15. The lowest BCUT2D eigenvalue weighted by Gasteiger charge is -2.26. The molecule has 0 aliphatic carbocycles. The summed E-state index contributed by atoms with van der Waals surface area (Å²) < 4.78 is 2.13. The molecular formula is C22H22N4O. The van der Waals surface area contributed by atoms with Crippen LogP contribution in [0.1, 0.15) is 30.6 Å². The van der Waals surface area contributed by atoms with Gasteiger partial charge in [0.05, 0.1) is 11.2 Å². The van der Waals surface area contributed by atoms with Gasteiger partial charge in [-0.15, -0.1) is 0 Å². The predicted molar refractivity (Wildman–Crippen MR) is 108 cm³/mol. The Morgan fingerprint density at radius 1 is 0.963 bits per heavy atom. The molecule has 1 atom stereocenters. The van der Waals surface area contributed by atoms with Crippen molar-refractivity contribution in [1.29, 1.82) is 0 Å². The molecule has 0 spiro atoms. The molecule has 3 aromatic heterocycles. The van der Waals surface area contributed by atoms with Gasteiger partial charge in [-0.3, -0.25) is 19.7 Å². The number of rotatable bonds is 6. The quantitative estimate of drug-likeness (QED) is 0.561. The van der Waals surface area contributed by atoms with Crippen LogP contribution in [0.3, 0.4) is 0 Å². The summed E-state index contributed by atoms with van der Waals surface area (Å²) in [5.74, 6) is 0. The molecule has 0 amide bonds. The van der Waals surface area contributed by atoms with Gasteiger partial charge in [-0.25, -0.2) is 0 Å². The summed E-state index contributed by atoms with van der Waals surface area (Å²) in [5, 5.41) is 14.3. The standard InChI is InChI=1S/C22H22N4O/c1-2-15-25(18-9-13-24-14-10-18)26-16-20(19-5-3-4-6-21(19)26)22(27)17-7-11-23-12-8-17/h3-14,16,22,27H,2,15H2,1H3. The van der Waals surface area contributed by atoms with Gasteiger partial charge in [0.15, 0.2) is 0 Å². The minimum Gasteiger partial charge on any atom is -0.384 e. The molecular weight excluding hydrogens is 336 g/mol. The van der Waals surface area contributed by atoms with Crippen LogP contribution in [-0.2, 0) is 0 Å². The Labute approximate surface area is 158 Å². The molecule has 5 heteroatoms. The number of aliphatic hydroxyl groups is 1. The van der Waals surface area contributed by atoms with Gasteiger partial charge in [0.25, 0.3) is 0 Å². The molecule has 3 heterocycles. The van der Waals surface area contributed by atoms with Crippen molar-refractivity contribution in [2.75, 3.05) is 11.6 Å². The first-order valence-electron chi connectivity index (χ1n) is 9.15. The van der Waals surface area contributed by atoms with Crippen LogP contribution in [-0.4, -0.2) is 26.3 Å². The number of hydrogen-bond acceptors (Lipinski definition) is 4. The van der Waals surface area contributed by atoms with Gasteiger partial charge in [0, 0.05) is 48.5 Å². The second-order valence-electron chi connectivity index (χ2n) is 6.46. The maximum atomic E-state index is 11.0. The van der Waals surface area contributed by atoms with Crippen molar-refractivity contribution in [1.82, 2.24) is 14.6 Å². The average Bonchev–Trinajstić information content (AvgIpc) is 3.12. The Kier molecular flexibility index (Phi) is 4.85. The van der Waals surface area contributed by atoms with Crippen molar-refractivity contribution in [2.45, 2.75) is 19.4 Å². The largest absolute Gasteiger partial charge is 0.384 e. The van der Waals surface area contributed by atoms with Crippen LogP contribution in [0.25, 0.3) is 10.9 Å². The number of benzene rings is 1. The summed E-state index contributed by atoms with van der Waals surface area (Å²) in [6.45, 7) is 3.01. The number of fused-ring (bicyclic) bond motifs is 1. The molecule has 0 saturated carbocycles. The molecule has 0 aliphatic rings. The topological polar surface area (TPSA) is 54.2 Å². The zero-order valence-electron chi connectivity index (χ0n) is 15.2. The maximum absolute atomic E-state index is 11.0. The van der Waals surface area contributed by atoms with Crippen LogP contribution in [0.15, 0.2) is 79.5 Å². The molecule has 27 heavy (non-hydrogen) atoms. The molecule has 0 aliphatic heterocycles. The third-order valence-electron chi connectivity index (χ3n) is 4.70.